The molecule has 0 bridgehead atoms. The number of carbonyl (C=O) groups is 5. The quantitative estimate of drug-likeness (QED) is 0.0538. The third-order valence-corrected chi connectivity index (χ3v) is 12.9. The fraction of sp³-hybridized carbons (Fsp3) is 0.878. The Morgan fingerprint density at radius 2 is 0.973 bits per heavy atom. The Morgan fingerprint density at radius 1 is 0.541 bits per heavy atom. The first-order chi connectivity index (χ1) is 34.7. The van der Waals surface area contributed by atoms with Crippen molar-refractivity contribution < 1.29 is 143 Å². The Bertz CT molecular complexity index is 1900. The molecule has 0 radical (unpaired) electrons. The SMILES string of the molecule is CC(=O)N[C@@H]1[C@@H](O[C@@H]2O[C@H](CO)[C@@H](O)[C@H](O[C@@H]3O[C@H](CO)[C@H](O)[C@H](O[C@@H]4O[C@H](CO)[C@@H](O)[C@H](O)[C@H]4NC(C)=O)[C@H]3O)[C@H]2NC(C)=O)[C@@H](O)[C@@H](CO[C@]2(C(=O)O)C[C@H](O)[C@@H](NC(C)=O)[C@H]([C@H](O)[C@H](O)CO)O2)O[C@@H]1O. The number of rotatable bonds is 20. The smallest absolute Gasteiger partial charge is 0.364 e. The Morgan fingerprint density at radius 3 is 1.50 bits per heavy atom. The second-order valence-corrected chi connectivity index (χ2v) is 18.4. The standard InChI is InChI=1S/C41H68N4O29/c1-11(50)42-21-15(54)5-41(40(64)65,74-34(21)25(56)16(55)6-46)66-10-20-29(60)32(23(36(63)67-20)44-13(3)52)71-38-24(45-14(4)53)33(27(58)18(8-48)69-38)72-39-31(62)35(28(59)19(9-49)70-39)73-37-22(43-12(2)51)30(61)26(57)17(7-47)68-37/h15-39,46-49,54-63H,5-10H2,1-4H3,(H,42,50)(H,43,51)(H,44,52)(H,45,53)(H,64,65)/t15-,16+,17+,18+,19+,20+,21+,22+,23+,24+,25+,26+,27+,28-,29-,30+,31+,32+,33+,34+,35-,36-,37-,38-,39-,41+/m0/s1. The van der Waals surface area contributed by atoms with Crippen LogP contribution in [0.4, 0.5) is 0 Å². The molecule has 5 rings (SSSR count). The molecule has 0 aromatic rings. The number of carbonyl (C=O) groups excluding carboxylic acids is 4. The Kier molecular flexibility index (Phi) is 21.7. The number of amides is 4. The van der Waals surface area contributed by atoms with Crippen molar-refractivity contribution in [3.05, 3.63) is 0 Å². The van der Waals surface area contributed by atoms with Gasteiger partial charge in [0.15, 0.2) is 25.2 Å². The van der Waals surface area contributed by atoms with Crippen LogP contribution in [0.25, 0.3) is 0 Å². The van der Waals surface area contributed by atoms with E-state index in [0.717, 1.165) is 27.7 Å². The number of aliphatic hydroxyl groups is 14. The van der Waals surface area contributed by atoms with E-state index in [9.17, 15) is 101 Å². The highest BCUT2D eigenvalue weighted by molar-refractivity contribution is 5.77. The number of nitrogens with one attached hydrogen (secondary N) is 4. The maximum Gasteiger partial charge on any atom is 0.364 e. The number of aliphatic hydroxyl groups excluding tert-OH is 14. The van der Waals surface area contributed by atoms with E-state index in [4.69, 9.17) is 42.6 Å². The number of carboxylic acid groups (broad SMARTS) is 1. The lowest BCUT2D eigenvalue weighted by Gasteiger charge is -2.51. The van der Waals surface area contributed by atoms with Crippen LogP contribution in [0.15, 0.2) is 0 Å². The van der Waals surface area contributed by atoms with Gasteiger partial charge < -0.3 is 140 Å². The third-order valence-electron chi connectivity index (χ3n) is 12.9. The first kappa shape index (κ1) is 61.3. The van der Waals surface area contributed by atoms with Gasteiger partial charge in [0.25, 0.3) is 5.79 Å². The second kappa shape index (κ2) is 26.2. The molecule has 426 valence electrons. The Hall–Kier alpha value is -3.57. The summed E-state index contributed by atoms with van der Waals surface area (Å²) in [7, 11) is 0. The molecule has 19 N–H and O–H groups in total. The Labute approximate surface area is 419 Å². The molecule has 0 unspecified atom stereocenters. The van der Waals surface area contributed by atoms with E-state index in [2.05, 4.69) is 21.3 Å². The van der Waals surface area contributed by atoms with Gasteiger partial charge in [-0.1, -0.05) is 0 Å². The third kappa shape index (κ3) is 13.7. The van der Waals surface area contributed by atoms with Crippen molar-refractivity contribution in [2.45, 2.75) is 193 Å². The van der Waals surface area contributed by atoms with E-state index in [1.165, 1.54) is 0 Å². The molecule has 33 nitrogen and oxygen atoms in total. The van der Waals surface area contributed by atoms with Crippen LogP contribution in [0.2, 0.25) is 0 Å². The largest absolute Gasteiger partial charge is 0.477 e. The van der Waals surface area contributed by atoms with Gasteiger partial charge in [-0.25, -0.2) is 4.79 Å². The lowest BCUT2D eigenvalue weighted by molar-refractivity contribution is -0.372. The van der Waals surface area contributed by atoms with E-state index in [0.29, 0.717) is 0 Å². The summed E-state index contributed by atoms with van der Waals surface area (Å²) in [4.78, 5) is 62.3. The minimum absolute atomic E-state index is 0.765. The molecule has 33 heteroatoms. The molecule has 26 atom stereocenters. The molecule has 5 aliphatic rings. The second-order valence-electron chi connectivity index (χ2n) is 18.4. The first-order valence-corrected chi connectivity index (χ1v) is 23.2. The van der Waals surface area contributed by atoms with E-state index < -0.39 is 228 Å². The highest BCUT2D eigenvalue weighted by Crippen LogP contribution is 2.37. The number of aliphatic carboxylic acids is 1. The number of hydrogen-bond acceptors (Lipinski definition) is 28. The average molecular weight is 1080 g/mol. The van der Waals surface area contributed by atoms with Crippen molar-refractivity contribution >= 4 is 29.6 Å². The van der Waals surface area contributed by atoms with Crippen LogP contribution in [0.3, 0.4) is 0 Å². The van der Waals surface area contributed by atoms with Crippen LogP contribution in [0.1, 0.15) is 34.1 Å². The average Bonchev–Trinajstić information content (AvgIpc) is 3.33. The molecule has 5 saturated heterocycles. The number of hydrogen-bond donors (Lipinski definition) is 19. The van der Waals surface area contributed by atoms with Crippen LogP contribution in [-0.4, -0.2) is 298 Å². The molecule has 5 fully saturated rings. The van der Waals surface area contributed by atoms with Gasteiger partial charge in [0.1, 0.15) is 116 Å². The monoisotopic (exact) mass is 1080 g/mol. The van der Waals surface area contributed by atoms with Crippen LogP contribution < -0.4 is 21.3 Å². The maximum absolute atomic E-state index is 12.9. The molecule has 0 aromatic heterocycles. The van der Waals surface area contributed by atoms with Crippen molar-refractivity contribution in [2.75, 3.05) is 33.0 Å². The summed E-state index contributed by atoms with van der Waals surface area (Å²) in [5.74, 6) is -8.27. The van der Waals surface area contributed by atoms with Crippen LogP contribution >= 0.6 is 0 Å². The highest BCUT2D eigenvalue weighted by Gasteiger charge is 2.59. The molecule has 0 aromatic carbocycles. The van der Waals surface area contributed by atoms with Crippen LogP contribution in [-0.2, 0) is 66.6 Å². The predicted molar refractivity (Wildman–Crippen MR) is 230 cm³/mol. The van der Waals surface area contributed by atoms with E-state index in [1.54, 1.807) is 0 Å². The topological polar surface area (TPSA) is 520 Å². The van der Waals surface area contributed by atoms with Gasteiger partial charge in [-0.05, 0) is 0 Å². The van der Waals surface area contributed by atoms with Crippen LogP contribution in [0.5, 0.6) is 0 Å². The van der Waals surface area contributed by atoms with Crippen molar-refractivity contribution in [1.82, 2.24) is 21.3 Å². The molecule has 74 heavy (non-hydrogen) atoms. The van der Waals surface area contributed by atoms with Gasteiger partial charge in [0.2, 0.25) is 23.6 Å². The Balaban J connectivity index is 1.45. The number of carboxylic acids is 1. The van der Waals surface area contributed by atoms with Gasteiger partial charge in [-0.3, -0.25) is 19.2 Å². The summed E-state index contributed by atoms with van der Waals surface area (Å²) in [5, 5.41) is 171. The summed E-state index contributed by atoms with van der Waals surface area (Å²) in [6.45, 7) is -1.15. The van der Waals surface area contributed by atoms with E-state index in [-0.39, 0.29) is 0 Å². The zero-order valence-corrected chi connectivity index (χ0v) is 40.1. The van der Waals surface area contributed by atoms with Crippen LogP contribution in [0, 0.1) is 0 Å². The lowest BCUT2D eigenvalue weighted by Crippen LogP contribution is -2.71. The van der Waals surface area contributed by atoms with Gasteiger partial charge >= 0.3 is 5.97 Å². The van der Waals surface area contributed by atoms with Crippen molar-refractivity contribution in [3.8, 4) is 0 Å². The first-order valence-electron chi connectivity index (χ1n) is 23.2. The van der Waals surface area contributed by atoms with Crippen molar-refractivity contribution in [2.24, 2.45) is 0 Å². The molecule has 5 aliphatic heterocycles. The van der Waals surface area contributed by atoms with Gasteiger partial charge in [0.05, 0.1) is 45.2 Å². The van der Waals surface area contributed by atoms with Gasteiger partial charge in [0, 0.05) is 34.1 Å². The maximum atomic E-state index is 12.9. The van der Waals surface area contributed by atoms with Crippen molar-refractivity contribution in [3.63, 3.8) is 0 Å². The molecule has 0 aliphatic carbocycles. The molecule has 5 heterocycles. The summed E-state index contributed by atoms with van der Waals surface area (Å²) < 4.78 is 51.8. The van der Waals surface area contributed by atoms with Gasteiger partial charge in [-0.15, -0.1) is 0 Å². The van der Waals surface area contributed by atoms with E-state index in [1.807, 2.05) is 0 Å². The van der Waals surface area contributed by atoms with E-state index >= 15 is 0 Å². The molecule has 4 amide bonds. The highest BCUT2D eigenvalue weighted by atomic mass is 16.8. The summed E-state index contributed by atoms with van der Waals surface area (Å²) in [6, 6.07) is -6.83. The van der Waals surface area contributed by atoms with Gasteiger partial charge in [-0.2, -0.15) is 0 Å². The molecule has 0 saturated carbocycles. The minimum Gasteiger partial charge on any atom is -0.477 e. The summed E-state index contributed by atoms with van der Waals surface area (Å²) in [6.07, 6.45) is -42.1. The molecule has 0 spiro atoms. The normalized spacial score (nSPS) is 43.6. The fourth-order valence-electron chi connectivity index (χ4n) is 9.23. The minimum atomic E-state index is -2.99. The zero-order valence-electron chi connectivity index (χ0n) is 40.1. The predicted octanol–water partition coefficient (Wildman–Crippen LogP) is -12.1. The van der Waals surface area contributed by atoms with Crippen molar-refractivity contribution in [1.29, 1.82) is 0 Å². The zero-order chi connectivity index (χ0) is 55.3. The molecular formula is C41H68N4O29. The molecular weight excluding hydrogens is 1010 g/mol. The summed E-state index contributed by atoms with van der Waals surface area (Å²) >= 11 is 0. The number of ether oxygens (including phenoxy) is 9. The fourth-order valence-corrected chi connectivity index (χ4v) is 9.23. The summed E-state index contributed by atoms with van der Waals surface area (Å²) in [5.41, 5.74) is 0. The lowest BCUT2D eigenvalue weighted by atomic mass is 9.88.